The van der Waals surface area contributed by atoms with Gasteiger partial charge >= 0.3 is 5.91 Å². The number of aromatic hydroxyl groups is 1. The van der Waals surface area contributed by atoms with Gasteiger partial charge in [-0.25, -0.2) is 0 Å². The minimum atomic E-state index is -1.10. The molecule has 1 atom stereocenters. The fraction of sp³-hybridized carbons (Fsp3) is 0.333. The van der Waals surface area contributed by atoms with Gasteiger partial charge in [-0.15, -0.1) is 4.91 Å². The van der Waals surface area contributed by atoms with Crippen molar-refractivity contribution in [3.63, 3.8) is 0 Å². The molecule has 1 aliphatic rings. The predicted octanol–water partition coefficient (Wildman–Crippen LogP) is 2.01. The molecule has 1 amide bonds. The molecule has 0 radical (unpaired) electrons. The highest BCUT2D eigenvalue weighted by atomic mass is 16.5. The number of hydrogen-bond donors (Lipinski definition) is 2. The smallest absolute Gasteiger partial charge is 0.322 e. The quantitative estimate of drug-likeness (QED) is 0.789. The Morgan fingerprint density at radius 1 is 1.38 bits per heavy atom. The second-order valence-electron chi connectivity index (χ2n) is 6.06. The molecule has 1 aromatic carbocycles. The molecule has 8 heteroatoms. The number of carbonyl (C=O) groups excluding carboxylic acids is 1. The summed E-state index contributed by atoms with van der Waals surface area (Å²) >= 11 is 0. The van der Waals surface area contributed by atoms with Crippen LogP contribution in [-0.4, -0.2) is 33.9 Å². The Morgan fingerprint density at radius 2 is 2.15 bits per heavy atom. The number of rotatable bonds is 5. The third kappa shape index (κ3) is 2.99. The van der Waals surface area contributed by atoms with Gasteiger partial charge in [-0.05, 0) is 30.5 Å². The Bertz CT molecular complexity index is 934. The van der Waals surface area contributed by atoms with Crippen molar-refractivity contribution in [1.82, 2.24) is 4.57 Å². The first-order valence-electron chi connectivity index (χ1n) is 8.23. The SMILES string of the molecule is CCC1Cc2cc(OCCO)c(O)cc2-c2cc(=O)c(C(=O)N=O)cn21. The normalized spacial score (nSPS) is 15.1. The van der Waals surface area contributed by atoms with Gasteiger partial charge in [0.05, 0.1) is 12.3 Å². The lowest BCUT2D eigenvalue weighted by Gasteiger charge is -2.30. The van der Waals surface area contributed by atoms with E-state index in [0.29, 0.717) is 17.7 Å². The molecule has 3 rings (SSSR count). The van der Waals surface area contributed by atoms with Crippen LogP contribution in [0.25, 0.3) is 11.3 Å². The highest BCUT2D eigenvalue weighted by Crippen LogP contribution is 2.41. The van der Waals surface area contributed by atoms with E-state index in [9.17, 15) is 19.6 Å². The van der Waals surface area contributed by atoms with Crippen LogP contribution in [-0.2, 0) is 6.42 Å². The van der Waals surface area contributed by atoms with Crippen molar-refractivity contribution in [2.24, 2.45) is 5.18 Å². The molecule has 0 saturated carbocycles. The van der Waals surface area contributed by atoms with Crippen LogP contribution in [0.4, 0.5) is 0 Å². The van der Waals surface area contributed by atoms with E-state index in [0.717, 1.165) is 12.0 Å². The van der Waals surface area contributed by atoms with Gasteiger partial charge in [-0.3, -0.25) is 9.59 Å². The number of hydrogen-bond acceptors (Lipinski definition) is 6. The minimum Gasteiger partial charge on any atom is -0.504 e. The summed E-state index contributed by atoms with van der Waals surface area (Å²) in [5.41, 5.74) is 1.23. The zero-order valence-electron chi connectivity index (χ0n) is 14.1. The Hall–Kier alpha value is -3.00. The molecule has 0 aliphatic carbocycles. The summed E-state index contributed by atoms with van der Waals surface area (Å²) in [6.07, 6.45) is 2.69. The second kappa shape index (κ2) is 7.09. The monoisotopic (exact) mass is 358 g/mol. The van der Waals surface area contributed by atoms with Gasteiger partial charge in [-0.1, -0.05) is 6.92 Å². The van der Waals surface area contributed by atoms with Crippen molar-refractivity contribution in [3.8, 4) is 22.8 Å². The molecule has 1 unspecified atom stereocenters. The van der Waals surface area contributed by atoms with Gasteiger partial charge in [0.25, 0.3) is 0 Å². The molecular formula is C18H18N2O6. The van der Waals surface area contributed by atoms with Crippen molar-refractivity contribution >= 4 is 5.91 Å². The fourth-order valence-electron chi connectivity index (χ4n) is 3.26. The molecule has 136 valence electrons. The number of pyridine rings is 1. The first kappa shape index (κ1) is 17.8. The van der Waals surface area contributed by atoms with Crippen LogP contribution in [0, 0.1) is 4.91 Å². The summed E-state index contributed by atoms with van der Waals surface area (Å²) in [5, 5.41) is 21.4. The van der Waals surface area contributed by atoms with E-state index in [1.807, 2.05) is 6.92 Å². The summed E-state index contributed by atoms with van der Waals surface area (Å²) in [7, 11) is 0. The number of amides is 1. The summed E-state index contributed by atoms with van der Waals surface area (Å²) in [4.78, 5) is 34.4. The largest absolute Gasteiger partial charge is 0.504 e. The van der Waals surface area contributed by atoms with Gasteiger partial charge in [0.1, 0.15) is 12.2 Å². The molecule has 2 aromatic rings. The topological polar surface area (TPSA) is 118 Å². The number of fused-ring (bicyclic) bond motifs is 3. The summed E-state index contributed by atoms with van der Waals surface area (Å²) in [6.45, 7) is 1.86. The van der Waals surface area contributed by atoms with Crippen LogP contribution in [0.3, 0.4) is 0 Å². The van der Waals surface area contributed by atoms with Crippen molar-refractivity contribution in [2.45, 2.75) is 25.8 Å². The summed E-state index contributed by atoms with van der Waals surface area (Å²) < 4.78 is 7.11. The van der Waals surface area contributed by atoms with Crippen LogP contribution >= 0.6 is 0 Å². The molecule has 2 heterocycles. The van der Waals surface area contributed by atoms with Gasteiger partial charge in [0.2, 0.25) is 0 Å². The molecule has 1 aliphatic heterocycles. The Labute approximate surface area is 148 Å². The zero-order chi connectivity index (χ0) is 18.8. The van der Waals surface area contributed by atoms with Gasteiger partial charge in [-0.2, -0.15) is 0 Å². The lowest BCUT2D eigenvalue weighted by molar-refractivity contribution is 0.0999. The molecule has 0 bridgehead atoms. The molecular weight excluding hydrogens is 340 g/mol. The van der Waals surface area contributed by atoms with E-state index < -0.39 is 11.3 Å². The number of carbonyl (C=O) groups is 1. The maximum Gasteiger partial charge on any atom is 0.322 e. The van der Waals surface area contributed by atoms with Crippen LogP contribution in [0.15, 0.2) is 34.4 Å². The van der Waals surface area contributed by atoms with E-state index in [-0.39, 0.29) is 36.3 Å². The molecule has 1 aromatic heterocycles. The van der Waals surface area contributed by atoms with E-state index in [1.165, 1.54) is 18.3 Å². The third-order valence-electron chi connectivity index (χ3n) is 4.52. The van der Waals surface area contributed by atoms with Crippen LogP contribution in [0.5, 0.6) is 11.5 Å². The Kier molecular flexibility index (Phi) is 4.85. The lowest BCUT2D eigenvalue weighted by atomic mass is 9.90. The first-order valence-corrected chi connectivity index (χ1v) is 8.23. The number of nitrogens with zero attached hydrogens (tertiary/aromatic N) is 2. The standard InChI is InChI=1S/C18H18N2O6/c1-2-11-5-10-6-17(26-4-3-21)16(23)7-12(10)14-8-15(22)13(9-20(11)14)18(24)19-25/h6-9,11,21,23H,2-5H2,1H3. The number of phenolic OH excluding ortho intramolecular Hbond substituents is 1. The van der Waals surface area contributed by atoms with Crippen molar-refractivity contribution in [1.29, 1.82) is 0 Å². The molecule has 2 N–H and O–H groups in total. The first-order chi connectivity index (χ1) is 12.5. The average Bonchev–Trinajstić information content (AvgIpc) is 2.65. The van der Waals surface area contributed by atoms with Gasteiger partial charge in [0.15, 0.2) is 16.9 Å². The zero-order valence-corrected chi connectivity index (χ0v) is 14.1. The highest BCUT2D eigenvalue weighted by Gasteiger charge is 2.26. The van der Waals surface area contributed by atoms with Gasteiger partial charge in [0, 0.05) is 29.0 Å². The highest BCUT2D eigenvalue weighted by molar-refractivity contribution is 5.94. The number of aromatic nitrogens is 1. The maximum atomic E-state index is 12.2. The minimum absolute atomic E-state index is 0.0356. The van der Waals surface area contributed by atoms with Gasteiger partial charge < -0.3 is 19.5 Å². The van der Waals surface area contributed by atoms with Crippen molar-refractivity contribution in [3.05, 3.63) is 50.7 Å². The molecule has 8 nitrogen and oxygen atoms in total. The fourth-order valence-corrected chi connectivity index (χ4v) is 3.26. The average molecular weight is 358 g/mol. The summed E-state index contributed by atoms with van der Waals surface area (Å²) in [5.74, 6) is -0.942. The predicted molar refractivity (Wildman–Crippen MR) is 93.5 cm³/mol. The lowest BCUT2D eigenvalue weighted by Crippen LogP contribution is -2.25. The number of benzene rings is 1. The third-order valence-corrected chi connectivity index (χ3v) is 4.52. The molecule has 0 spiro atoms. The maximum absolute atomic E-state index is 12.2. The number of aliphatic hydroxyl groups excluding tert-OH is 1. The van der Waals surface area contributed by atoms with E-state index in [1.54, 1.807) is 10.6 Å². The Morgan fingerprint density at radius 3 is 2.81 bits per heavy atom. The second-order valence-corrected chi connectivity index (χ2v) is 6.06. The van der Waals surface area contributed by atoms with Crippen molar-refractivity contribution < 1.29 is 19.7 Å². The van der Waals surface area contributed by atoms with Crippen LogP contribution in [0.2, 0.25) is 0 Å². The molecule has 0 saturated heterocycles. The number of phenols is 1. The summed E-state index contributed by atoms with van der Waals surface area (Å²) in [6, 6.07) is 4.44. The number of nitroso groups, excluding NO2 is 1. The molecule has 0 fully saturated rings. The van der Waals surface area contributed by atoms with Crippen LogP contribution in [0.1, 0.15) is 35.3 Å². The molecule has 26 heavy (non-hydrogen) atoms. The van der Waals surface area contributed by atoms with E-state index >= 15 is 0 Å². The van der Waals surface area contributed by atoms with Crippen molar-refractivity contribution in [2.75, 3.05) is 13.2 Å². The van der Waals surface area contributed by atoms with E-state index in [4.69, 9.17) is 9.84 Å². The Balaban J connectivity index is 2.18. The van der Waals surface area contributed by atoms with E-state index in [2.05, 4.69) is 5.18 Å². The van der Waals surface area contributed by atoms with Crippen LogP contribution < -0.4 is 10.2 Å². The number of aliphatic hydroxyl groups is 1. The number of ether oxygens (including phenoxy) is 1.